The number of hydrogen-bond donors (Lipinski definition) is 2. The second-order valence-electron chi connectivity index (χ2n) is 9.51. The number of nitrogens with one attached hydrogen (secondary N) is 2. The minimum absolute atomic E-state index is 0.197. The van der Waals surface area contributed by atoms with Gasteiger partial charge in [0.15, 0.2) is 5.17 Å². The molecule has 0 unspecified atom stereocenters. The molecule has 4 aromatic rings. The Hall–Kier alpha value is -4.60. The van der Waals surface area contributed by atoms with Gasteiger partial charge in [0.05, 0.1) is 18.0 Å². The first-order chi connectivity index (χ1) is 22.0. The minimum atomic E-state index is -4.78. The molecule has 0 spiro atoms. The van der Waals surface area contributed by atoms with Crippen molar-refractivity contribution >= 4 is 58.3 Å². The number of aliphatic imine (C=N–C) groups is 1. The number of anilines is 3. The highest BCUT2D eigenvalue weighted by molar-refractivity contribution is 8.14. The smallest absolute Gasteiger partial charge is 0.406 e. The van der Waals surface area contributed by atoms with E-state index in [9.17, 15) is 22.8 Å². The SMILES string of the molecule is CCSC(=NC(=O)Nc1ccc(CNc2ncn(-c3ccc(OC(F)(F)F)cc3)n2)c(Cl)c1)N(C=O)c1cc(C)ccc1COC. The molecule has 242 valence electrons. The standard InChI is InChI=1S/C30H29ClF3N7O4S/c1-4-46-29(40(18-42)26-13-19(2)5-6-21(26)16-44-3)38-28(43)37-22-8-7-20(25(31)14-22)15-35-27-36-17-41(39-27)23-9-11-24(12-10-23)45-30(32,33)34/h5-14,17-18H,4,15-16H2,1-3H3,(H,35,39)(H,37,43). The maximum Gasteiger partial charge on any atom is 0.573 e. The third-order valence-electron chi connectivity index (χ3n) is 6.15. The summed E-state index contributed by atoms with van der Waals surface area (Å²) in [7, 11) is 1.56. The lowest BCUT2D eigenvalue weighted by Crippen LogP contribution is -2.30. The molecule has 16 heteroatoms. The number of hydrogen-bond acceptors (Lipinski definition) is 8. The number of aryl methyl sites for hydroxylation is 1. The topological polar surface area (TPSA) is 123 Å². The maximum atomic E-state index is 12.9. The highest BCUT2D eigenvalue weighted by Crippen LogP contribution is 2.27. The average molecular weight is 676 g/mol. The Balaban J connectivity index is 1.41. The number of methoxy groups -OCH3 is 1. The van der Waals surface area contributed by atoms with E-state index in [1.54, 1.807) is 25.3 Å². The van der Waals surface area contributed by atoms with E-state index in [-0.39, 0.29) is 30.0 Å². The Bertz CT molecular complexity index is 1700. The zero-order valence-corrected chi connectivity index (χ0v) is 26.4. The lowest BCUT2D eigenvalue weighted by molar-refractivity contribution is -0.274. The fourth-order valence-corrected chi connectivity index (χ4v) is 5.05. The Morgan fingerprint density at radius 3 is 2.52 bits per heavy atom. The molecule has 0 saturated carbocycles. The summed E-state index contributed by atoms with van der Waals surface area (Å²) in [6.07, 6.45) is -2.77. The molecule has 0 atom stereocenters. The van der Waals surface area contributed by atoms with E-state index in [1.165, 1.54) is 51.9 Å². The predicted octanol–water partition coefficient (Wildman–Crippen LogP) is 7.19. The molecular formula is C30H29ClF3N7O4S. The lowest BCUT2D eigenvalue weighted by atomic mass is 10.1. The van der Waals surface area contributed by atoms with Crippen molar-refractivity contribution in [2.45, 2.75) is 33.4 Å². The molecule has 0 aliphatic heterocycles. The van der Waals surface area contributed by atoms with Gasteiger partial charge >= 0.3 is 12.4 Å². The van der Waals surface area contributed by atoms with Crippen LogP contribution in [-0.4, -0.2) is 51.6 Å². The highest BCUT2D eigenvalue weighted by Gasteiger charge is 2.31. The van der Waals surface area contributed by atoms with Crippen molar-refractivity contribution in [2.75, 3.05) is 28.4 Å². The van der Waals surface area contributed by atoms with Crippen LogP contribution < -0.4 is 20.3 Å². The molecule has 0 bridgehead atoms. The maximum absolute atomic E-state index is 12.9. The molecule has 11 nitrogen and oxygen atoms in total. The Morgan fingerprint density at radius 1 is 1.13 bits per heavy atom. The van der Waals surface area contributed by atoms with E-state index in [1.807, 2.05) is 32.0 Å². The number of thioether (sulfide) groups is 1. The average Bonchev–Trinajstić information content (AvgIpc) is 3.47. The van der Waals surface area contributed by atoms with Crippen molar-refractivity contribution in [3.05, 3.63) is 88.7 Å². The molecule has 0 aliphatic rings. The van der Waals surface area contributed by atoms with Crippen LogP contribution in [0.4, 0.5) is 35.3 Å². The Morgan fingerprint density at radius 2 is 1.87 bits per heavy atom. The van der Waals surface area contributed by atoms with Gasteiger partial charge in [-0.1, -0.05) is 48.5 Å². The summed E-state index contributed by atoms with van der Waals surface area (Å²) in [4.78, 5) is 34.8. The van der Waals surface area contributed by atoms with Crippen molar-refractivity contribution in [2.24, 2.45) is 4.99 Å². The number of amides is 3. The van der Waals surface area contributed by atoms with E-state index >= 15 is 0 Å². The summed E-state index contributed by atoms with van der Waals surface area (Å²) in [5.74, 6) is 0.463. The van der Waals surface area contributed by atoms with Gasteiger partial charge in [0.2, 0.25) is 12.4 Å². The number of urea groups is 1. The van der Waals surface area contributed by atoms with Gasteiger partial charge in [-0.2, -0.15) is 4.99 Å². The van der Waals surface area contributed by atoms with Crippen molar-refractivity contribution in [3.63, 3.8) is 0 Å². The van der Waals surface area contributed by atoms with Crippen LogP contribution in [-0.2, 0) is 22.7 Å². The summed E-state index contributed by atoms with van der Waals surface area (Å²) in [5, 5.41) is 10.5. The number of alkyl halides is 3. The minimum Gasteiger partial charge on any atom is -0.406 e. The van der Waals surface area contributed by atoms with Crippen molar-refractivity contribution < 1.29 is 32.2 Å². The fraction of sp³-hybridized carbons (Fsp3) is 0.233. The molecule has 1 aromatic heterocycles. The summed E-state index contributed by atoms with van der Waals surface area (Å²) in [6.45, 7) is 4.29. The zero-order chi connectivity index (χ0) is 33.3. The van der Waals surface area contributed by atoms with E-state index in [0.29, 0.717) is 39.8 Å². The monoisotopic (exact) mass is 675 g/mol. The summed E-state index contributed by atoms with van der Waals surface area (Å²) < 4.78 is 47.7. The van der Waals surface area contributed by atoms with Crippen LogP contribution >= 0.6 is 23.4 Å². The van der Waals surface area contributed by atoms with Crippen LogP contribution in [0.25, 0.3) is 5.69 Å². The number of halogens is 4. The number of carbonyl (C=O) groups is 2. The third kappa shape index (κ3) is 9.45. The second kappa shape index (κ2) is 15.6. The van der Waals surface area contributed by atoms with Crippen LogP contribution in [0.2, 0.25) is 5.02 Å². The number of aromatic nitrogens is 3. The normalized spacial score (nSPS) is 11.7. The first-order valence-corrected chi connectivity index (χ1v) is 15.0. The van der Waals surface area contributed by atoms with Crippen LogP contribution in [0, 0.1) is 6.92 Å². The van der Waals surface area contributed by atoms with E-state index in [0.717, 1.165) is 11.1 Å². The third-order valence-corrected chi connectivity index (χ3v) is 7.34. The van der Waals surface area contributed by atoms with Crippen molar-refractivity contribution in [3.8, 4) is 11.4 Å². The second-order valence-corrected chi connectivity index (χ2v) is 11.2. The molecular weight excluding hydrogens is 647 g/mol. The van der Waals surface area contributed by atoms with E-state index in [2.05, 4.69) is 30.4 Å². The van der Waals surface area contributed by atoms with Gasteiger partial charge in [0.1, 0.15) is 12.1 Å². The van der Waals surface area contributed by atoms with Crippen LogP contribution in [0.1, 0.15) is 23.6 Å². The van der Waals surface area contributed by atoms with Crippen LogP contribution in [0.3, 0.4) is 0 Å². The lowest BCUT2D eigenvalue weighted by Gasteiger charge is -2.22. The summed E-state index contributed by atoms with van der Waals surface area (Å²) in [5.41, 5.74) is 3.79. The fourth-order valence-electron chi connectivity index (χ4n) is 4.12. The first-order valence-electron chi connectivity index (χ1n) is 13.6. The van der Waals surface area contributed by atoms with Gasteiger partial charge in [0, 0.05) is 29.9 Å². The number of nitrogens with zero attached hydrogens (tertiary/aromatic N) is 5. The van der Waals surface area contributed by atoms with Crippen LogP contribution in [0.5, 0.6) is 5.75 Å². The van der Waals surface area contributed by atoms with Crippen molar-refractivity contribution in [1.82, 2.24) is 14.8 Å². The molecule has 0 radical (unpaired) electrons. The highest BCUT2D eigenvalue weighted by atomic mass is 35.5. The Labute approximate surface area is 271 Å². The first kappa shape index (κ1) is 34.3. The zero-order valence-electron chi connectivity index (χ0n) is 24.8. The van der Waals surface area contributed by atoms with Gasteiger partial charge in [-0.05, 0) is 66.3 Å². The molecule has 46 heavy (non-hydrogen) atoms. The molecule has 3 aromatic carbocycles. The summed E-state index contributed by atoms with van der Waals surface area (Å²) in [6, 6.07) is 15.0. The number of ether oxygens (including phenoxy) is 2. The quantitative estimate of drug-likeness (QED) is 0.0973. The van der Waals surface area contributed by atoms with Gasteiger partial charge in [-0.15, -0.1) is 18.3 Å². The molecule has 1 heterocycles. The molecule has 0 aliphatic carbocycles. The molecule has 0 saturated heterocycles. The van der Waals surface area contributed by atoms with Crippen molar-refractivity contribution in [1.29, 1.82) is 0 Å². The van der Waals surface area contributed by atoms with Gasteiger partial charge < -0.3 is 20.1 Å². The number of amidine groups is 1. The van der Waals surface area contributed by atoms with E-state index < -0.39 is 12.4 Å². The van der Waals surface area contributed by atoms with Gasteiger partial charge in [-0.3, -0.25) is 9.69 Å². The summed E-state index contributed by atoms with van der Waals surface area (Å²) >= 11 is 7.71. The number of benzene rings is 3. The van der Waals surface area contributed by atoms with Gasteiger partial charge in [0.25, 0.3) is 0 Å². The molecule has 3 amide bonds. The number of rotatable bonds is 11. The number of carbonyl (C=O) groups excluding carboxylic acids is 2. The molecule has 4 rings (SSSR count). The largest absolute Gasteiger partial charge is 0.573 e. The van der Waals surface area contributed by atoms with E-state index in [4.69, 9.17) is 16.3 Å². The molecule has 0 fully saturated rings. The predicted molar refractivity (Wildman–Crippen MR) is 172 cm³/mol. The Kier molecular flexibility index (Phi) is 11.6. The molecule has 2 N–H and O–H groups in total. The van der Waals surface area contributed by atoms with Gasteiger partial charge in [-0.25, -0.2) is 14.5 Å². The van der Waals surface area contributed by atoms with Crippen LogP contribution in [0.15, 0.2) is 72.0 Å².